The van der Waals surface area contributed by atoms with Crippen LogP contribution in [0.3, 0.4) is 0 Å². The van der Waals surface area contributed by atoms with Crippen LogP contribution < -0.4 is 5.32 Å². The Bertz CT molecular complexity index is 849. The first kappa shape index (κ1) is 17.0. The highest BCUT2D eigenvalue weighted by Crippen LogP contribution is 2.28. The Labute approximate surface area is 145 Å². The Kier molecular flexibility index (Phi) is 4.74. The van der Waals surface area contributed by atoms with Crippen molar-refractivity contribution in [1.29, 1.82) is 0 Å². The van der Waals surface area contributed by atoms with Crippen LogP contribution in [0.5, 0.6) is 0 Å². The first-order valence-corrected chi connectivity index (χ1v) is 8.16. The predicted octanol–water partition coefficient (Wildman–Crippen LogP) is 3.41. The average Bonchev–Trinajstić information content (AvgIpc) is 3.25. The summed E-state index contributed by atoms with van der Waals surface area (Å²) in [5, 5.41) is 10.7. The van der Waals surface area contributed by atoms with Gasteiger partial charge in [-0.3, -0.25) is 4.79 Å². The van der Waals surface area contributed by atoms with Gasteiger partial charge in [-0.05, 0) is 46.2 Å². The standard InChI is InChI=1S/C18H21N3O4/c1-10-15(12(3)24-20-10)6-8-17(22)19-9-14-5-7-16(23-14)18-11(2)21-25-13(18)4/h5,7H,6,8-9H2,1-4H3,(H,19,22). The molecule has 0 unspecified atom stereocenters. The molecule has 132 valence electrons. The number of furan rings is 1. The topological polar surface area (TPSA) is 94.3 Å². The van der Waals surface area contributed by atoms with E-state index in [1.807, 2.05) is 39.8 Å². The van der Waals surface area contributed by atoms with Crippen molar-refractivity contribution in [3.8, 4) is 11.3 Å². The van der Waals surface area contributed by atoms with Crippen molar-refractivity contribution < 1.29 is 18.3 Å². The maximum atomic E-state index is 12.0. The van der Waals surface area contributed by atoms with E-state index in [2.05, 4.69) is 15.6 Å². The zero-order chi connectivity index (χ0) is 18.0. The lowest BCUT2D eigenvalue weighted by Gasteiger charge is -2.03. The van der Waals surface area contributed by atoms with E-state index in [9.17, 15) is 4.79 Å². The first-order valence-electron chi connectivity index (χ1n) is 8.16. The van der Waals surface area contributed by atoms with Gasteiger partial charge in [-0.1, -0.05) is 10.3 Å². The number of nitrogens with one attached hydrogen (secondary N) is 1. The van der Waals surface area contributed by atoms with Crippen LogP contribution in [0.1, 0.15) is 40.7 Å². The van der Waals surface area contributed by atoms with Crippen molar-refractivity contribution in [1.82, 2.24) is 15.6 Å². The summed E-state index contributed by atoms with van der Waals surface area (Å²) in [7, 11) is 0. The molecule has 0 saturated carbocycles. The Balaban J connectivity index is 1.55. The van der Waals surface area contributed by atoms with E-state index in [-0.39, 0.29) is 5.91 Å². The molecule has 3 rings (SSSR count). The number of hydrogen-bond acceptors (Lipinski definition) is 6. The van der Waals surface area contributed by atoms with Crippen LogP contribution in [-0.2, 0) is 17.8 Å². The lowest BCUT2D eigenvalue weighted by atomic mass is 10.1. The maximum absolute atomic E-state index is 12.0. The Morgan fingerprint density at radius 1 is 1.04 bits per heavy atom. The molecule has 0 atom stereocenters. The first-order chi connectivity index (χ1) is 12.0. The van der Waals surface area contributed by atoms with E-state index < -0.39 is 0 Å². The van der Waals surface area contributed by atoms with E-state index in [1.54, 1.807) is 0 Å². The third-order valence-electron chi connectivity index (χ3n) is 4.18. The SMILES string of the molecule is Cc1noc(C)c1CCC(=O)NCc1ccc(-c2c(C)noc2C)o1. The number of aromatic nitrogens is 2. The highest BCUT2D eigenvalue weighted by molar-refractivity contribution is 5.76. The molecule has 1 N–H and O–H groups in total. The molecule has 0 aromatic carbocycles. The third kappa shape index (κ3) is 3.65. The molecule has 7 nitrogen and oxygen atoms in total. The van der Waals surface area contributed by atoms with E-state index in [0.29, 0.717) is 36.7 Å². The van der Waals surface area contributed by atoms with Gasteiger partial charge in [-0.2, -0.15) is 0 Å². The zero-order valence-corrected chi connectivity index (χ0v) is 14.8. The molecule has 3 aromatic rings. The minimum atomic E-state index is -0.0460. The van der Waals surface area contributed by atoms with Crippen LogP contribution in [0, 0.1) is 27.7 Å². The second-order valence-electron chi connectivity index (χ2n) is 6.04. The average molecular weight is 343 g/mol. The highest BCUT2D eigenvalue weighted by Gasteiger charge is 2.16. The third-order valence-corrected chi connectivity index (χ3v) is 4.18. The van der Waals surface area contributed by atoms with Gasteiger partial charge in [0.1, 0.15) is 23.0 Å². The molecule has 7 heteroatoms. The summed E-state index contributed by atoms with van der Waals surface area (Å²) >= 11 is 0. The molecule has 25 heavy (non-hydrogen) atoms. The summed E-state index contributed by atoms with van der Waals surface area (Å²) in [4.78, 5) is 12.0. The number of rotatable bonds is 6. The number of nitrogens with zero attached hydrogens (tertiary/aromatic N) is 2. The largest absolute Gasteiger partial charge is 0.459 e. The molecule has 0 aliphatic heterocycles. The van der Waals surface area contributed by atoms with Gasteiger partial charge in [-0.25, -0.2) is 0 Å². The number of aryl methyl sites for hydroxylation is 4. The van der Waals surface area contributed by atoms with Gasteiger partial charge < -0.3 is 18.8 Å². The van der Waals surface area contributed by atoms with Gasteiger partial charge in [0.05, 0.1) is 23.5 Å². The minimum absolute atomic E-state index is 0.0460. The van der Waals surface area contributed by atoms with Gasteiger partial charge >= 0.3 is 0 Å². The molecule has 3 aromatic heterocycles. The highest BCUT2D eigenvalue weighted by atomic mass is 16.5. The lowest BCUT2D eigenvalue weighted by molar-refractivity contribution is -0.121. The Morgan fingerprint density at radius 3 is 2.40 bits per heavy atom. The summed E-state index contributed by atoms with van der Waals surface area (Å²) in [5.74, 6) is 2.80. The summed E-state index contributed by atoms with van der Waals surface area (Å²) in [5.41, 5.74) is 3.46. The molecule has 0 saturated heterocycles. The van der Waals surface area contributed by atoms with Crippen molar-refractivity contribution in [3.05, 3.63) is 46.4 Å². The molecule has 0 aliphatic rings. The fourth-order valence-corrected chi connectivity index (χ4v) is 2.81. The van der Waals surface area contributed by atoms with Crippen molar-refractivity contribution in [2.75, 3.05) is 0 Å². The van der Waals surface area contributed by atoms with Gasteiger partial charge in [0.15, 0.2) is 0 Å². The van der Waals surface area contributed by atoms with Crippen molar-refractivity contribution in [2.45, 2.75) is 47.1 Å². The van der Waals surface area contributed by atoms with Gasteiger partial charge in [0.2, 0.25) is 5.91 Å². The molecule has 1 amide bonds. The van der Waals surface area contributed by atoms with Crippen molar-refractivity contribution in [2.24, 2.45) is 0 Å². The van der Waals surface area contributed by atoms with Crippen LogP contribution in [0.15, 0.2) is 25.6 Å². The van der Waals surface area contributed by atoms with Crippen LogP contribution >= 0.6 is 0 Å². The van der Waals surface area contributed by atoms with E-state index in [0.717, 1.165) is 28.3 Å². The van der Waals surface area contributed by atoms with Gasteiger partial charge in [-0.15, -0.1) is 0 Å². The molecule has 3 heterocycles. The van der Waals surface area contributed by atoms with Gasteiger partial charge in [0.25, 0.3) is 0 Å². The molecule has 0 aliphatic carbocycles. The maximum Gasteiger partial charge on any atom is 0.220 e. The zero-order valence-electron chi connectivity index (χ0n) is 14.8. The monoisotopic (exact) mass is 343 g/mol. The normalized spacial score (nSPS) is 11.0. The number of amides is 1. The molecule has 0 fully saturated rings. The van der Waals surface area contributed by atoms with Crippen LogP contribution in [-0.4, -0.2) is 16.2 Å². The van der Waals surface area contributed by atoms with E-state index in [1.165, 1.54) is 0 Å². The van der Waals surface area contributed by atoms with Crippen LogP contribution in [0.25, 0.3) is 11.3 Å². The fourth-order valence-electron chi connectivity index (χ4n) is 2.81. The Hall–Kier alpha value is -2.83. The summed E-state index contributed by atoms with van der Waals surface area (Å²) < 4.78 is 16.0. The number of hydrogen-bond donors (Lipinski definition) is 1. The summed E-state index contributed by atoms with van der Waals surface area (Å²) in [6.45, 7) is 7.78. The number of carbonyl (C=O) groups excluding carboxylic acids is 1. The fraction of sp³-hybridized carbons (Fsp3) is 0.389. The summed E-state index contributed by atoms with van der Waals surface area (Å²) in [6, 6.07) is 3.70. The van der Waals surface area contributed by atoms with Crippen LogP contribution in [0.4, 0.5) is 0 Å². The molecular weight excluding hydrogens is 322 g/mol. The van der Waals surface area contributed by atoms with Crippen molar-refractivity contribution >= 4 is 5.91 Å². The number of carbonyl (C=O) groups is 1. The molecule has 0 bridgehead atoms. The molecule has 0 spiro atoms. The van der Waals surface area contributed by atoms with Crippen molar-refractivity contribution in [3.63, 3.8) is 0 Å². The predicted molar refractivity (Wildman–Crippen MR) is 89.8 cm³/mol. The Morgan fingerprint density at radius 2 is 1.76 bits per heavy atom. The quantitative estimate of drug-likeness (QED) is 0.737. The second kappa shape index (κ2) is 6.96. The molecule has 0 radical (unpaired) electrons. The summed E-state index contributed by atoms with van der Waals surface area (Å²) in [6.07, 6.45) is 0.982. The minimum Gasteiger partial charge on any atom is -0.459 e. The van der Waals surface area contributed by atoms with E-state index >= 15 is 0 Å². The molecular formula is C18H21N3O4. The van der Waals surface area contributed by atoms with Gasteiger partial charge in [0, 0.05) is 12.0 Å². The van der Waals surface area contributed by atoms with Crippen LogP contribution in [0.2, 0.25) is 0 Å². The lowest BCUT2D eigenvalue weighted by Crippen LogP contribution is -2.22. The second-order valence-corrected chi connectivity index (χ2v) is 6.04. The smallest absolute Gasteiger partial charge is 0.220 e. The van der Waals surface area contributed by atoms with E-state index in [4.69, 9.17) is 13.5 Å².